The average molecular weight is 474 g/mol. The number of sulfonamides is 1. The van der Waals surface area contributed by atoms with Gasteiger partial charge in [-0.1, -0.05) is 25.1 Å². The molecule has 2 aromatic rings. The van der Waals surface area contributed by atoms with E-state index in [1.807, 2.05) is 32.0 Å². The molecule has 1 heterocycles. The molecule has 8 nitrogen and oxygen atoms in total. The maximum absolute atomic E-state index is 12.7. The molecule has 0 atom stereocenters. The van der Waals surface area contributed by atoms with Gasteiger partial charge >= 0.3 is 0 Å². The van der Waals surface area contributed by atoms with Crippen molar-refractivity contribution in [1.82, 2.24) is 9.73 Å². The summed E-state index contributed by atoms with van der Waals surface area (Å²) < 4.78 is 38.2. The summed E-state index contributed by atoms with van der Waals surface area (Å²) in [7, 11) is -3.53. The highest BCUT2D eigenvalue weighted by atomic mass is 32.2. The van der Waals surface area contributed by atoms with Gasteiger partial charge in [-0.05, 0) is 62.1 Å². The minimum atomic E-state index is -3.53. The third-order valence-corrected chi connectivity index (χ3v) is 7.24. The van der Waals surface area contributed by atoms with E-state index in [0.717, 1.165) is 12.0 Å². The Kier molecular flexibility index (Phi) is 8.85. The van der Waals surface area contributed by atoms with Crippen LogP contribution in [-0.4, -0.2) is 51.1 Å². The van der Waals surface area contributed by atoms with E-state index in [0.29, 0.717) is 50.6 Å². The highest BCUT2D eigenvalue weighted by Gasteiger charge is 2.31. The van der Waals surface area contributed by atoms with Gasteiger partial charge in [0.25, 0.3) is 0 Å². The predicted octanol–water partition coefficient (Wildman–Crippen LogP) is 3.43. The van der Waals surface area contributed by atoms with Crippen LogP contribution >= 0.6 is 0 Å². The van der Waals surface area contributed by atoms with E-state index < -0.39 is 10.0 Å². The number of carbonyl (C=O) groups is 1. The van der Waals surface area contributed by atoms with Gasteiger partial charge in [0.15, 0.2) is 11.5 Å². The summed E-state index contributed by atoms with van der Waals surface area (Å²) in [4.78, 5) is 12.8. The van der Waals surface area contributed by atoms with Crippen LogP contribution in [0.15, 0.2) is 58.5 Å². The number of hydrogen-bond acceptors (Lipinski definition) is 6. The second kappa shape index (κ2) is 11.8. The molecule has 33 heavy (non-hydrogen) atoms. The number of piperidine rings is 1. The summed E-state index contributed by atoms with van der Waals surface area (Å²) in [6.07, 6.45) is 3.35. The minimum Gasteiger partial charge on any atom is -0.490 e. The van der Waals surface area contributed by atoms with Crippen LogP contribution in [-0.2, 0) is 14.8 Å². The Labute approximate surface area is 195 Å². The van der Waals surface area contributed by atoms with Crippen LogP contribution < -0.4 is 14.9 Å². The molecule has 0 spiro atoms. The molecule has 1 saturated heterocycles. The monoisotopic (exact) mass is 473 g/mol. The molecule has 0 aliphatic carbocycles. The summed E-state index contributed by atoms with van der Waals surface area (Å²) in [6.45, 7) is 5.66. The van der Waals surface area contributed by atoms with Gasteiger partial charge in [0.05, 0.1) is 24.3 Å². The highest BCUT2D eigenvalue weighted by Crippen LogP contribution is 2.28. The minimum absolute atomic E-state index is 0.212. The van der Waals surface area contributed by atoms with Gasteiger partial charge in [-0.25, -0.2) is 13.8 Å². The molecular weight excluding hydrogens is 442 g/mol. The molecule has 1 amide bonds. The highest BCUT2D eigenvalue weighted by molar-refractivity contribution is 7.89. The first-order valence-corrected chi connectivity index (χ1v) is 12.7. The molecule has 0 unspecified atom stereocenters. The fourth-order valence-corrected chi connectivity index (χ4v) is 5.06. The first kappa shape index (κ1) is 24.7. The Morgan fingerprint density at radius 1 is 1.09 bits per heavy atom. The smallest absolute Gasteiger partial charge is 0.243 e. The van der Waals surface area contributed by atoms with Crippen molar-refractivity contribution in [1.29, 1.82) is 0 Å². The number of benzene rings is 2. The molecule has 9 heteroatoms. The van der Waals surface area contributed by atoms with Crippen molar-refractivity contribution in [2.24, 2.45) is 11.0 Å². The van der Waals surface area contributed by atoms with Gasteiger partial charge in [-0.15, -0.1) is 0 Å². The van der Waals surface area contributed by atoms with Crippen molar-refractivity contribution in [2.75, 3.05) is 26.3 Å². The fourth-order valence-electron chi connectivity index (χ4n) is 3.57. The number of amides is 1. The third kappa shape index (κ3) is 6.55. The van der Waals surface area contributed by atoms with Crippen LogP contribution in [0.3, 0.4) is 0 Å². The van der Waals surface area contributed by atoms with Crippen molar-refractivity contribution in [3.8, 4) is 11.5 Å². The van der Waals surface area contributed by atoms with E-state index in [4.69, 9.17) is 9.47 Å². The number of ether oxygens (including phenoxy) is 2. The lowest BCUT2D eigenvalue weighted by Gasteiger charge is -2.30. The molecule has 1 N–H and O–H groups in total. The van der Waals surface area contributed by atoms with Gasteiger partial charge < -0.3 is 9.47 Å². The second-order valence-electron chi connectivity index (χ2n) is 7.71. The maximum Gasteiger partial charge on any atom is 0.243 e. The van der Waals surface area contributed by atoms with Gasteiger partial charge in [-0.3, -0.25) is 4.79 Å². The first-order valence-electron chi connectivity index (χ1n) is 11.2. The van der Waals surface area contributed by atoms with E-state index in [-0.39, 0.29) is 16.7 Å². The van der Waals surface area contributed by atoms with E-state index in [2.05, 4.69) is 10.5 Å². The third-order valence-electron chi connectivity index (χ3n) is 5.32. The van der Waals surface area contributed by atoms with Gasteiger partial charge in [0.2, 0.25) is 15.9 Å². The Balaban J connectivity index is 1.54. The molecule has 1 aliphatic heterocycles. The quantitative estimate of drug-likeness (QED) is 0.421. The molecular formula is C24H31N3O5S. The van der Waals surface area contributed by atoms with Gasteiger partial charge in [-0.2, -0.15) is 9.41 Å². The second-order valence-corrected chi connectivity index (χ2v) is 9.65. The van der Waals surface area contributed by atoms with Crippen molar-refractivity contribution in [3.05, 3.63) is 54.1 Å². The molecule has 0 aromatic heterocycles. The molecule has 1 aliphatic rings. The fraction of sp³-hybridized carbons (Fsp3) is 0.417. The van der Waals surface area contributed by atoms with Crippen molar-refractivity contribution < 1.29 is 22.7 Å². The Bertz CT molecular complexity index is 1050. The van der Waals surface area contributed by atoms with Crippen LogP contribution in [0.5, 0.6) is 11.5 Å². The first-order chi connectivity index (χ1) is 16.0. The van der Waals surface area contributed by atoms with Crippen molar-refractivity contribution in [3.63, 3.8) is 0 Å². The zero-order valence-electron chi connectivity index (χ0n) is 19.1. The zero-order valence-corrected chi connectivity index (χ0v) is 19.9. The van der Waals surface area contributed by atoms with Gasteiger partial charge in [0, 0.05) is 19.0 Å². The van der Waals surface area contributed by atoms with E-state index in [1.54, 1.807) is 36.5 Å². The number of hydrazone groups is 1. The summed E-state index contributed by atoms with van der Waals surface area (Å²) >= 11 is 0. The summed E-state index contributed by atoms with van der Waals surface area (Å²) in [6, 6.07) is 13.8. The summed E-state index contributed by atoms with van der Waals surface area (Å²) in [5.74, 6) is 0.814. The molecule has 0 saturated carbocycles. The number of rotatable bonds is 10. The van der Waals surface area contributed by atoms with Crippen LogP contribution in [0, 0.1) is 5.92 Å². The van der Waals surface area contributed by atoms with E-state index in [1.165, 1.54) is 4.31 Å². The Morgan fingerprint density at radius 2 is 1.82 bits per heavy atom. The predicted molar refractivity (Wildman–Crippen MR) is 127 cm³/mol. The van der Waals surface area contributed by atoms with Crippen LogP contribution in [0.2, 0.25) is 0 Å². The molecule has 0 bridgehead atoms. The normalized spacial score (nSPS) is 15.5. The molecule has 2 aromatic carbocycles. The lowest BCUT2D eigenvalue weighted by atomic mass is 9.98. The SMILES string of the molecule is CCCOc1ccc(/C=N\NC(=O)C2CCN(S(=O)(=O)c3ccccc3)CC2)cc1OCC. The van der Waals surface area contributed by atoms with Crippen molar-refractivity contribution in [2.45, 2.75) is 38.0 Å². The Morgan fingerprint density at radius 3 is 2.48 bits per heavy atom. The van der Waals surface area contributed by atoms with Crippen LogP contribution in [0.25, 0.3) is 0 Å². The molecule has 3 rings (SSSR count). The average Bonchev–Trinajstić information content (AvgIpc) is 2.84. The number of nitrogens with zero attached hydrogens (tertiary/aromatic N) is 2. The van der Waals surface area contributed by atoms with Crippen LogP contribution in [0.4, 0.5) is 0 Å². The van der Waals surface area contributed by atoms with Gasteiger partial charge in [0.1, 0.15) is 0 Å². The maximum atomic E-state index is 12.7. The Hall–Kier alpha value is -2.91. The largest absolute Gasteiger partial charge is 0.490 e. The van der Waals surface area contributed by atoms with Crippen molar-refractivity contribution >= 4 is 22.1 Å². The zero-order chi connectivity index (χ0) is 23.7. The summed E-state index contributed by atoms with van der Waals surface area (Å²) in [5, 5.41) is 4.07. The molecule has 178 valence electrons. The summed E-state index contributed by atoms with van der Waals surface area (Å²) in [5.41, 5.74) is 3.35. The number of nitrogens with one attached hydrogen (secondary N) is 1. The lowest BCUT2D eigenvalue weighted by molar-refractivity contribution is -0.126. The molecule has 0 radical (unpaired) electrons. The topological polar surface area (TPSA) is 97.3 Å². The standard InChI is InChI=1S/C24H31N3O5S/c1-3-16-32-22-11-10-19(17-23(22)31-4-2)18-25-26-24(28)20-12-14-27(15-13-20)33(29,30)21-8-6-5-7-9-21/h5-11,17-18,20H,3-4,12-16H2,1-2H3,(H,26,28)/b25-18-. The van der Waals surface area contributed by atoms with E-state index in [9.17, 15) is 13.2 Å². The number of carbonyl (C=O) groups excluding carboxylic acids is 1. The van der Waals surface area contributed by atoms with E-state index >= 15 is 0 Å². The number of hydrogen-bond donors (Lipinski definition) is 1. The lowest BCUT2D eigenvalue weighted by Crippen LogP contribution is -2.42. The van der Waals surface area contributed by atoms with Crippen LogP contribution in [0.1, 0.15) is 38.7 Å². The molecule has 1 fully saturated rings.